The van der Waals surface area contributed by atoms with Crippen LogP contribution in [-0.2, 0) is 6.42 Å². The van der Waals surface area contributed by atoms with Crippen LogP contribution in [-0.4, -0.2) is 10.8 Å². The first-order valence-corrected chi connectivity index (χ1v) is 5.52. The van der Waals surface area contributed by atoms with Gasteiger partial charge in [0.1, 0.15) is 0 Å². The molecule has 0 radical (unpaired) electrons. The maximum Gasteiger partial charge on any atom is 0.168 e. The van der Waals surface area contributed by atoms with E-state index in [4.69, 9.17) is 17.3 Å². The molecule has 3 nitrogen and oxygen atoms in total. The molecule has 0 saturated heterocycles. The summed E-state index contributed by atoms with van der Waals surface area (Å²) in [5, 5.41) is 0.467. The number of benzene rings is 1. The van der Waals surface area contributed by atoms with E-state index < -0.39 is 0 Å². The topological polar surface area (TPSA) is 56.0 Å². The van der Waals surface area contributed by atoms with Crippen LogP contribution < -0.4 is 5.73 Å². The highest BCUT2D eigenvalue weighted by Crippen LogP contribution is 2.17. The lowest BCUT2D eigenvalue weighted by Gasteiger charge is -2.03. The Morgan fingerprint density at radius 3 is 2.76 bits per heavy atom. The Morgan fingerprint density at radius 2 is 2.12 bits per heavy atom. The molecular weight excluding hydrogens is 236 g/mol. The molecule has 1 aromatic heterocycles. The first-order valence-electron chi connectivity index (χ1n) is 5.14. The number of hydrogen-bond donors (Lipinski definition) is 1. The zero-order chi connectivity index (χ0) is 12.3. The van der Waals surface area contributed by atoms with E-state index in [9.17, 15) is 4.79 Å². The van der Waals surface area contributed by atoms with Crippen molar-refractivity contribution in [2.75, 3.05) is 5.73 Å². The highest BCUT2D eigenvalue weighted by molar-refractivity contribution is 6.31. The Balaban J connectivity index is 2.20. The lowest BCUT2D eigenvalue weighted by molar-refractivity contribution is 0.0992. The zero-order valence-electron chi connectivity index (χ0n) is 9.06. The third-order valence-corrected chi connectivity index (χ3v) is 2.53. The van der Waals surface area contributed by atoms with E-state index in [2.05, 4.69) is 4.98 Å². The van der Waals surface area contributed by atoms with E-state index in [0.29, 0.717) is 16.3 Å². The fourth-order valence-electron chi connectivity index (χ4n) is 1.54. The number of nitrogen functional groups attached to an aromatic ring is 1. The molecule has 0 amide bonds. The van der Waals surface area contributed by atoms with E-state index in [1.807, 2.05) is 18.2 Å². The smallest absolute Gasteiger partial charge is 0.168 e. The van der Waals surface area contributed by atoms with Crippen molar-refractivity contribution in [3.8, 4) is 0 Å². The minimum Gasteiger partial charge on any atom is -0.399 e. The molecule has 2 N–H and O–H groups in total. The summed E-state index contributed by atoms with van der Waals surface area (Å²) < 4.78 is 0. The fraction of sp³-hybridized carbons (Fsp3) is 0.0769. The monoisotopic (exact) mass is 246 g/mol. The normalized spacial score (nSPS) is 10.2. The maximum atomic E-state index is 12.0. The molecule has 86 valence electrons. The Labute approximate surface area is 104 Å². The number of carbonyl (C=O) groups excluding carboxylic acids is 1. The van der Waals surface area contributed by atoms with Gasteiger partial charge in [0.25, 0.3) is 0 Å². The number of hydrogen-bond acceptors (Lipinski definition) is 3. The van der Waals surface area contributed by atoms with E-state index in [-0.39, 0.29) is 12.2 Å². The van der Waals surface area contributed by atoms with E-state index in [1.165, 1.54) is 0 Å². The molecule has 2 aromatic rings. The number of ketones is 1. The second-order valence-corrected chi connectivity index (χ2v) is 4.13. The molecule has 0 aliphatic carbocycles. The van der Waals surface area contributed by atoms with Gasteiger partial charge in [0.2, 0.25) is 0 Å². The minimum atomic E-state index is -0.0436. The van der Waals surface area contributed by atoms with Gasteiger partial charge in [-0.25, -0.2) is 0 Å². The van der Waals surface area contributed by atoms with Crippen molar-refractivity contribution in [1.82, 2.24) is 4.98 Å². The number of anilines is 1. The molecule has 1 aromatic carbocycles. The number of pyridine rings is 1. The highest BCUT2D eigenvalue weighted by Gasteiger charge is 2.09. The fourth-order valence-corrected chi connectivity index (χ4v) is 1.79. The summed E-state index contributed by atoms with van der Waals surface area (Å²) in [6, 6.07) is 10.3. The predicted octanol–water partition coefficient (Wildman–Crippen LogP) is 2.74. The quantitative estimate of drug-likeness (QED) is 0.669. The lowest BCUT2D eigenvalue weighted by atomic mass is 10.1. The van der Waals surface area contributed by atoms with Crippen LogP contribution in [0.1, 0.15) is 16.1 Å². The zero-order valence-corrected chi connectivity index (χ0v) is 9.82. The number of halogens is 1. The van der Waals surface area contributed by atoms with E-state index >= 15 is 0 Å². The Kier molecular flexibility index (Phi) is 3.40. The van der Waals surface area contributed by atoms with Crippen molar-refractivity contribution < 1.29 is 4.79 Å². The Bertz CT molecular complexity index is 520. The molecule has 1 heterocycles. The summed E-state index contributed by atoms with van der Waals surface area (Å²) in [6.45, 7) is 0. The number of rotatable bonds is 3. The molecular formula is C13H11ClN2O. The Morgan fingerprint density at radius 1 is 1.29 bits per heavy atom. The summed E-state index contributed by atoms with van der Waals surface area (Å²) >= 11 is 5.85. The molecule has 17 heavy (non-hydrogen) atoms. The molecule has 0 atom stereocenters. The largest absolute Gasteiger partial charge is 0.399 e. The van der Waals surface area contributed by atoms with Crippen molar-refractivity contribution >= 4 is 23.1 Å². The first-order chi connectivity index (χ1) is 8.15. The van der Waals surface area contributed by atoms with Gasteiger partial charge in [-0.2, -0.15) is 0 Å². The van der Waals surface area contributed by atoms with Gasteiger partial charge in [0.05, 0.1) is 6.42 Å². The number of Topliss-reactive ketones (excluding diaryl/α,β-unsaturated/α-hetero) is 1. The van der Waals surface area contributed by atoms with Crippen LogP contribution in [0.15, 0.2) is 42.6 Å². The third-order valence-electron chi connectivity index (χ3n) is 2.31. The van der Waals surface area contributed by atoms with Gasteiger partial charge >= 0.3 is 0 Å². The van der Waals surface area contributed by atoms with Crippen LogP contribution in [0.25, 0.3) is 0 Å². The summed E-state index contributed by atoms with van der Waals surface area (Å²) in [4.78, 5) is 16.1. The molecule has 0 unspecified atom stereocenters. The molecule has 0 fully saturated rings. The number of carbonyl (C=O) groups is 1. The SMILES string of the molecule is Nc1cc(Cl)cc(C(=O)Cc2ccccn2)c1. The molecule has 4 heteroatoms. The van der Waals surface area contributed by atoms with Crippen LogP contribution in [0.3, 0.4) is 0 Å². The number of aromatic nitrogens is 1. The van der Waals surface area contributed by atoms with Crippen LogP contribution in [0.2, 0.25) is 5.02 Å². The summed E-state index contributed by atoms with van der Waals surface area (Å²) in [5.41, 5.74) is 7.37. The minimum absolute atomic E-state index is 0.0436. The second kappa shape index (κ2) is 4.97. The summed E-state index contributed by atoms with van der Waals surface area (Å²) in [5.74, 6) is -0.0436. The van der Waals surface area contributed by atoms with Crippen LogP contribution in [0.5, 0.6) is 0 Å². The lowest BCUT2D eigenvalue weighted by Crippen LogP contribution is -2.05. The Hall–Kier alpha value is -1.87. The molecule has 0 aliphatic heterocycles. The van der Waals surface area contributed by atoms with Gasteiger partial charge in [-0.15, -0.1) is 0 Å². The van der Waals surface area contributed by atoms with Crippen LogP contribution in [0, 0.1) is 0 Å². The van der Waals surface area contributed by atoms with Gasteiger partial charge in [0.15, 0.2) is 5.78 Å². The maximum absolute atomic E-state index is 12.0. The van der Waals surface area contributed by atoms with Crippen molar-refractivity contribution in [3.63, 3.8) is 0 Å². The average molecular weight is 247 g/mol. The predicted molar refractivity (Wildman–Crippen MR) is 68.1 cm³/mol. The standard InChI is InChI=1S/C13H11ClN2O/c14-10-5-9(6-11(15)7-10)13(17)8-12-3-1-2-4-16-12/h1-7H,8,15H2. The molecule has 2 rings (SSSR count). The van der Waals surface area contributed by atoms with E-state index in [1.54, 1.807) is 24.4 Å². The van der Waals surface area contributed by atoms with Gasteiger partial charge < -0.3 is 5.73 Å². The van der Waals surface area contributed by atoms with Crippen molar-refractivity contribution in [3.05, 3.63) is 58.9 Å². The molecule has 0 saturated carbocycles. The highest BCUT2D eigenvalue weighted by atomic mass is 35.5. The van der Waals surface area contributed by atoms with Gasteiger partial charge in [-0.1, -0.05) is 17.7 Å². The number of nitrogens with zero attached hydrogens (tertiary/aromatic N) is 1. The van der Waals surface area contributed by atoms with Crippen molar-refractivity contribution in [1.29, 1.82) is 0 Å². The van der Waals surface area contributed by atoms with Gasteiger partial charge in [-0.3, -0.25) is 9.78 Å². The van der Waals surface area contributed by atoms with E-state index in [0.717, 1.165) is 5.69 Å². The van der Waals surface area contributed by atoms with Crippen molar-refractivity contribution in [2.45, 2.75) is 6.42 Å². The molecule has 0 spiro atoms. The summed E-state index contributed by atoms with van der Waals surface area (Å²) in [6.07, 6.45) is 1.91. The molecule has 0 bridgehead atoms. The van der Waals surface area contributed by atoms with Crippen molar-refractivity contribution in [2.24, 2.45) is 0 Å². The van der Waals surface area contributed by atoms with Crippen LogP contribution in [0.4, 0.5) is 5.69 Å². The number of nitrogens with two attached hydrogens (primary N) is 1. The van der Waals surface area contributed by atoms with Gasteiger partial charge in [-0.05, 0) is 30.3 Å². The van der Waals surface area contributed by atoms with Gasteiger partial charge in [0, 0.05) is 28.2 Å². The average Bonchev–Trinajstić information content (AvgIpc) is 2.29. The first kappa shape index (κ1) is 11.6. The second-order valence-electron chi connectivity index (χ2n) is 3.69. The van der Waals surface area contributed by atoms with Crippen LogP contribution >= 0.6 is 11.6 Å². The third kappa shape index (κ3) is 3.04. The summed E-state index contributed by atoms with van der Waals surface area (Å²) in [7, 11) is 0. The molecule has 0 aliphatic rings.